The van der Waals surface area contributed by atoms with Crippen LogP contribution in [0.1, 0.15) is 30.5 Å². The number of carbonyl (C=O) groups is 2. The predicted molar refractivity (Wildman–Crippen MR) is 128 cm³/mol. The summed E-state index contributed by atoms with van der Waals surface area (Å²) >= 11 is 0. The Morgan fingerprint density at radius 3 is 2.12 bits per heavy atom. The summed E-state index contributed by atoms with van der Waals surface area (Å²) in [7, 11) is -3.73. The van der Waals surface area contributed by atoms with Gasteiger partial charge in [0.25, 0.3) is 0 Å². The van der Waals surface area contributed by atoms with Gasteiger partial charge in [0.15, 0.2) is 0 Å². The van der Waals surface area contributed by atoms with Gasteiger partial charge in [-0.2, -0.15) is 0 Å². The standard InChI is InChI=1S/C24H33N3O4S/c1-6-25-24(29)20(4)26(16-15-21-13-8-7-9-14-21)22(28)17-27(32(5,30)31)23-18(2)11-10-12-19(23)3/h7-14,20H,6,15-17H2,1-5H3,(H,25,29). The molecular weight excluding hydrogens is 426 g/mol. The van der Waals surface area contributed by atoms with Gasteiger partial charge in [-0.25, -0.2) is 8.42 Å². The number of sulfonamides is 1. The van der Waals surface area contributed by atoms with E-state index in [2.05, 4.69) is 5.32 Å². The number of aryl methyl sites for hydroxylation is 2. The van der Waals surface area contributed by atoms with Crippen LogP contribution >= 0.6 is 0 Å². The van der Waals surface area contributed by atoms with Gasteiger partial charge in [-0.05, 0) is 50.8 Å². The van der Waals surface area contributed by atoms with Crippen molar-refractivity contribution >= 4 is 27.5 Å². The van der Waals surface area contributed by atoms with Crippen molar-refractivity contribution in [3.8, 4) is 0 Å². The van der Waals surface area contributed by atoms with Crippen LogP contribution in [0.4, 0.5) is 5.69 Å². The highest BCUT2D eigenvalue weighted by Crippen LogP contribution is 2.27. The molecule has 2 amide bonds. The van der Waals surface area contributed by atoms with E-state index < -0.39 is 22.0 Å². The van der Waals surface area contributed by atoms with Gasteiger partial charge >= 0.3 is 0 Å². The Kier molecular flexibility index (Phi) is 8.83. The number of amides is 2. The van der Waals surface area contributed by atoms with Crippen LogP contribution in [-0.2, 0) is 26.0 Å². The zero-order valence-corrected chi connectivity index (χ0v) is 20.3. The maximum atomic E-state index is 13.4. The second-order valence-electron chi connectivity index (χ2n) is 7.90. The van der Waals surface area contributed by atoms with Crippen LogP contribution in [0.2, 0.25) is 0 Å². The van der Waals surface area contributed by atoms with E-state index in [1.165, 1.54) is 4.90 Å². The fourth-order valence-corrected chi connectivity index (χ4v) is 4.63. The lowest BCUT2D eigenvalue weighted by Gasteiger charge is -2.32. The quantitative estimate of drug-likeness (QED) is 0.592. The topological polar surface area (TPSA) is 86.8 Å². The molecule has 0 fully saturated rings. The Morgan fingerprint density at radius 2 is 1.59 bits per heavy atom. The zero-order chi connectivity index (χ0) is 23.9. The van der Waals surface area contributed by atoms with Gasteiger partial charge in [-0.3, -0.25) is 13.9 Å². The first-order valence-corrected chi connectivity index (χ1v) is 12.6. The molecule has 2 aromatic carbocycles. The fraction of sp³-hybridized carbons (Fsp3) is 0.417. The Balaban J connectivity index is 2.36. The third kappa shape index (κ3) is 6.56. The first-order valence-electron chi connectivity index (χ1n) is 10.7. The molecule has 1 N–H and O–H groups in total. The summed E-state index contributed by atoms with van der Waals surface area (Å²) in [4.78, 5) is 27.4. The maximum Gasteiger partial charge on any atom is 0.244 e. The lowest BCUT2D eigenvalue weighted by molar-refractivity contribution is -0.138. The summed E-state index contributed by atoms with van der Waals surface area (Å²) in [6, 6.07) is 14.4. The Hall–Kier alpha value is -2.87. The molecule has 0 saturated heterocycles. The number of carbonyl (C=O) groups excluding carboxylic acids is 2. The van der Waals surface area contributed by atoms with E-state index in [0.29, 0.717) is 25.2 Å². The number of nitrogens with one attached hydrogen (secondary N) is 1. The minimum atomic E-state index is -3.73. The first-order chi connectivity index (χ1) is 15.1. The monoisotopic (exact) mass is 459 g/mol. The van der Waals surface area contributed by atoms with Crippen molar-refractivity contribution in [3.63, 3.8) is 0 Å². The third-order valence-electron chi connectivity index (χ3n) is 5.37. The SMILES string of the molecule is CCNC(=O)C(C)N(CCc1ccccc1)C(=O)CN(c1c(C)cccc1C)S(C)(=O)=O. The third-order valence-corrected chi connectivity index (χ3v) is 6.48. The number of hydrogen-bond acceptors (Lipinski definition) is 4. The molecule has 32 heavy (non-hydrogen) atoms. The molecule has 0 bridgehead atoms. The molecule has 0 aliphatic carbocycles. The Bertz CT molecular complexity index is 1020. The zero-order valence-electron chi connectivity index (χ0n) is 19.5. The molecule has 7 nitrogen and oxygen atoms in total. The molecule has 174 valence electrons. The van der Waals surface area contributed by atoms with Crippen LogP contribution < -0.4 is 9.62 Å². The van der Waals surface area contributed by atoms with E-state index in [-0.39, 0.29) is 12.5 Å². The number of para-hydroxylation sites is 1. The van der Waals surface area contributed by atoms with Gasteiger partial charge in [-0.15, -0.1) is 0 Å². The number of likely N-dealkylation sites (N-methyl/N-ethyl adjacent to an activating group) is 1. The molecule has 0 spiro atoms. The van der Waals surface area contributed by atoms with Crippen molar-refractivity contribution in [1.82, 2.24) is 10.2 Å². The minimum Gasteiger partial charge on any atom is -0.355 e. The maximum absolute atomic E-state index is 13.4. The number of rotatable bonds is 10. The van der Waals surface area contributed by atoms with E-state index in [1.54, 1.807) is 6.92 Å². The molecular formula is C24H33N3O4S. The Labute approximate surface area is 191 Å². The van der Waals surface area contributed by atoms with Crippen LogP contribution in [0.5, 0.6) is 0 Å². The molecule has 0 aliphatic rings. The van der Waals surface area contributed by atoms with E-state index in [1.807, 2.05) is 69.3 Å². The van der Waals surface area contributed by atoms with Gasteiger partial charge < -0.3 is 10.2 Å². The summed E-state index contributed by atoms with van der Waals surface area (Å²) in [6.07, 6.45) is 1.65. The molecule has 0 saturated carbocycles. The van der Waals surface area contributed by atoms with Crippen LogP contribution in [0, 0.1) is 13.8 Å². The normalized spacial score (nSPS) is 12.2. The predicted octanol–water partition coefficient (Wildman–Crippen LogP) is 2.67. The molecule has 8 heteroatoms. The van der Waals surface area contributed by atoms with Gasteiger partial charge in [0.2, 0.25) is 21.8 Å². The highest BCUT2D eigenvalue weighted by atomic mass is 32.2. The van der Waals surface area contributed by atoms with Gasteiger partial charge in [0.05, 0.1) is 11.9 Å². The van der Waals surface area contributed by atoms with Crippen molar-refractivity contribution in [2.75, 3.05) is 30.2 Å². The summed E-state index contributed by atoms with van der Waals surface area (Å²) in [5, 5.41) is 2.75. The van der Waals surface area contributed by atoms with E-state index >= 15 is 0 Å². The summed E-state index contributed by atoms with van der Waals surface area (Å²) in [6.45, 7) is 7.48. The second kappa shape index (κ2) is 11.1. The van der Waals surface area contributed by atoms with Gasteiger partial charge in [-0.1, -0.05) is 48.5 Å². The van der Waals surface area contributed by atoms with Crippen LogP contribution in [-0.4, -0.2) is 57.1 Å². The van der Waals surface area contributed by atoms with Crippen molar-refractivity contribution in [3.05, 3.63) is 65.2 Å². The minimum absolute atomic E-state index is 0.271. The number of anilines is 1. The van der Waals surface area contributed by atoms with Crippen molar-refractivity contribution in [1.29, 1.82) is 0 Å². The molecule has 1 unspecified atom stereocenters. The number of benzene rings is 2. The largest absolute Gasteiger partial charge is 0.355 e. The molecule has 0 radical (unpaired) electrons. The average molecular weight is 460 g/mol. The summed E-state index contributed by atoms with van der Waals surface area (Å²) < 4.78 is 26.5. The smallest absolute Gasteiger partial charge is 0.244 e. The average Bonchev–Trinajstić information content (AvgIpc) is 2.73. The highest BCUT2D eigenvalue weighted by Gasteiger charge is 2.30. The van der Waals surface area contributed by atoms with Crippen molar-refractivity contribution in [2.24, 2.45) is 0 Å². The number of hydrogen-bond donors (Lipinski definition) is 1. The Morgan fingerprint density at radius 1 is 1.00 bits per heavy atom. The summed E-state index contributed by atoms with van der Waals surface area (Å²) in [5.41, 5.74) is 3.05. The molecule has 2 rings (SSSR count). The lowest BCUT2D eigenvalue weighted by atomic mass is 10.1. The van der Waals surface area contributed by atoms with E-state index in [4.69, 9.17) is 0 Å². The number of nitrogens with zero attached hydrogens (tertiary/aromatic N) is 2. The first kappa shape index (κ1) is 25.4. The van der Waals surface area contributed by atoms with E-state index in [9.17, 15) is 18.0 Å². The van der Waals surface area contributed by atoms with E-state index in [0.717, 1.165) is 27.3 Å². The molecule has 2 aromatic rings. The van der Waals surface area contributed by atoms with Gasteiger partial charge in [0.1, 0.15) is 12.6 Å². The second-order valence-corrected chi connectivity index (χ2v) is 9.81. The van der Waals surface area contributed by atoms with Crippen molar-refractivity contribution < 1.29 is 18.0 Å². The fourth-order valence-electron chi connectivity index (χ4n) is 3.67. The van der Waals surface area contributed by atoms with Crippen LogP contribution in [0.15, 0.2) is 48.5 Å². The van der Waals surface area contributed by atoms with Crippen LogP contribution in [0.25, 0.3) is 0 Å². The molecule has 1 atom stereocenters. The highest BCUT2D eigenvalue weighted by molar-refractivity contribution is 7.92. The summed E-state index contributed by atoms with van der Waals surface area (Å²) in [5.74, 6) is -0.695. The molecule has 0 aliphatic heterocycles. The molecule has 0 heterocycles. The van der Waals surface area contributed by atoms with Crippen molar-refractivity contribution in [2.45, 2.75) is 40.2 Å². The molecule has 0 aromatic heterocycles. The van der Waals surface area contributed by atoms with Crippen LogP contribution in [0.3, 0.4) is 0 Å². The lowest BCUT2D eigenvalue weighted by Crippen LogP contribution is -2.52. The van der Waals surface area contributed by atoms with Gasteiger partial charge in [0, 0.05) is 13.1 Å².